The van der Waals surface area contributed by atoms with E-state index in [9.17, 15) is 80.5 Å². The number of ether oxygens (including phenoxy) is 11. The summed E-state index contributed by atoms with van der Waals surface area (Å²) in [6.07, 6.45) is -29.1. The number of aliphatic hydroxyl groups is 11. The zero-order valence-electron chi connectivity index (χ0n) is 54.8. The van der Waals surface area contributed by atoms with Crippen LogP contribution in [0.2, 0.25) is 0 Å². The number of carbonyl (C=O) groups is 4. The monoisotopic (exact) mass is 1310 g/mol. The van der Waals surface area contributed by atoms with E-state index in [-0.39, 0.29) is 35.8 Å². The third-order valence-electron chi connectivity index (χ3n) is 23.6. The maximum atomic E-state index is 13.4. The summed E-state index contributed by atoms with van der Waals surface area (Å²) in [5.41, 5.74) is -3.54. The summed E-state index contributed by atoms with van der Waals surface area (Å²) in [4.78, 5) is 52.4. The van der Waals surface area contributed by atoms with Crippen molar-refractivity contribution in [1.82, 2.24) is 0 Å². The standard InChI is InChI=1S/C65H100O27/c1-14-27(3)54(80)87-46-29(5)83-58(45(76)48(46)88-55(81)28(4)15-2)92-52-51(77)65(26-82-30(6)68)32(22-60(52,7)8)31-16-17-36-62(11)20-19-38(61(9,10)35(62)18-21-63(36,12)64(31,13)23-37(65)69)86-59-50(91-57-43(74)41(72)39(70)33(24-66)84-57)47(44(75)49(90-59)53(78)79)89-56-42(73)40(71)34(25-67)85-56/h14-16,29,32-52,56-59,66-67,69-77H,17-26H2,1-13H3,(H,78,79)/t29?,32?,33?,34-,35?,36?,37+,38-,39-,40?,41?,42-,43-,44-,45-,46-,47?,48?,49?,50-,51-,52-,56-,57-,58-,59+,62-,63+,64+,65-/m0/s1. The molecule has 10 unspecified atom stereocenters. The van der Waals surface area contributed by atoms with E-state index in [0.717, 1.165) is 5.57 Å². The summed E-state index contributed by atoms with van der Waals surface area (Å²) in [7, 11) is 0. The van der Waals surface area contributed by atoms with Crippen LogP contribution in [-0.4, -0.2) is 246 Å². The van der Waals surface area contributed by atoms with Crippen molar-refractivity contribution < 1.29 is 133 Å². The molecule has 0 aromatic rings. The van der Waals surface area contributed by atoms with Crippen LogP contribution in [0.5, 0.6) is 0 Å². The van der Waals surface area contributed by atoms with Gasteiger partial charge in [-0.25, -0.2) is 14.4 Å². The Balaban J connectivity index is 1.01. The molecule has 4 heterocycles. The molecule has 5 aliphatic carbocycles. The molecule has 9 aliphatic rings. The van der Waals surface area contributed by atoms with Crippen molar-refractivity contribution in [3.8, 4) is 0 Å². The maximum absolute atomic E-state index is 13.4. The van der Waals surface area contributed by atoms with Gasteiger partial charge in [-0.1, -0.05) is 72.3 Å². The van der Waals surface area contributed by atoms with E-state index in [2.05, 4.69) is 26.8 Å². The number of hydrogen-bond donors (Lipinski definition) is 12. The van der Waals surface area contributed by atoms with Crippen LogP contribution in [0.25, 0.3) is 0 Å². The molecule has 0 amide bonds. The van der Waals surface area contributed by atoms with Crippen molar-refractivity contribution in [2.45, 2.75) is 276 Å². The fourth-order valence-corrected chi connectivity index (χ4v) is 17.8. The maximum Gasteiger partial charge on any atom is 0.335 e. The lowest BCUT2D eigenvalue weighted by molar-refractivity contribution is -0.386. The van der Waals surface area contributed by atoms with Crippen LogP contribution in [0.4, 0.5) is 0 Å². The highest BCUT2D eigenvalue weighted by Gasteiger charge is 2.74. The Morgan fingerprint density at radius 3 is 1.73 bits per heavy atom. The molecular weight excluding hydrogens is 1210 g/mol. The van der Waals surface area contributed by atoms with Crippen molar-refractivity contribution in [3.05, 3.63) is 34.9 Å². The SMILES string of the molecule is CC=C(C)C(=O)OC1[C@@H](OC(=O)C(C)=CC)C(C)O[C@@H](O[C@H]2[C@H](O)[C@@]3(COC(C)=O)C(CC2(C)C)C2=CCC4[C@@]5(C)CC[C@H](O[C@@H]6OC(C(=O)O)[C@@H](O)C(O[C@@H]7O[C@@H](CO)C(O)[C@@H]7O)[C@@H]6O[C@@H]6OC(CO)[C@H](O)C(O)[C@@H]6O)C(C)(C)C5CC[C@@]4(C)[C@]2(C)C[C@H]3O)[C@H]1O. The van der Waals surface area contributed by atoms with E-state index in [1.54, 1.807) is 33.8 Å². The Bertz CT molecular complexity index is 2790. The number of carboxylic acid groups (broad SMARTS) is 1. The van der Waals surface area contributed by atoms with Gasteiger partial charge < -0.3 is 113 Å². The first-order valence-corrected chi connectivity index (χ1v) is 32.3. The predicted molar refractivity (Wildman–Crippen MR) is 316 cm³/mol. The third-order valence-corrected chi connectivity index (χ3v) is 23.6. The van der Waals surface area contributed by atoms with E-state index in [1.807, 2.05) is 27.7 Å². The highest BCUT2D eigenvalue weighted by Crippen LogP contribution is 2.76. The predicted octanol–water partition coefficient (Wildman–Crippen LogP) is 0.715. The summed E-state index contributed by atoms with van der Waals surface area (Å²) in [6, 6.07) is 0. The average molecular weight is 1310 g/mol. The number of allylic oxidation sites excluding steroid dienone is 4. The van der Waals surface area contributed by atoms with Crippen molar-refractivity contribution in [1.29, 1.82) is 0 Å². The second-order valence-corrected chi connectivity index (χ2v) is 29.4. The molecule has 4 saturated carbocycles. The van der Waals surface area contributed by atoms with Crippen molar-refractivity contribution in [2.24, 2.45) is 50.2 Å². The van der Waals surface area contributed by atoms with Crippen LogP contribution < -0.4 is 0 Å². The Labute approximate surface area is 535 Å². The molecule has 0 spiro atoms. The van der Waals surface area contributed by atoms with Gasteiger partial charge in [0, 0.05) is 18.1 Å². The highest BCUT2D eigenvalue weighted by molar-refractivity contribution is 5.88. The number of rotatable bonds is 17. The molecule has 12 N–H and O–H groups in total. The summed E-state index contributed by atoms with van der Waals surface area (Å²) in [6.45, 7) is 21.8. The minimum absolute atomic E-state index is 0.0439. The zero-order chi connectivity index (χ0) is 68.0. The van der Waals surface area contributed by atoms with Gasteiger partial charge in [0.25, 0.3) is 0 Å². The molecule has 30 atom stereocenters. The van der Waals surface area contributed by atoms with E-state index in [1.165, 1.54) is 19.9 Å². The van der Waals surface area contributed by atoms with E-state index in [4.69, 9.17) is 52.1 Å². The molecule has 0 bridgehead atoms. The smallest absolute Gasteiger partial charge is 0.335 e. The Morgan fingerprint density at radius 1 is 0.609 bits per heavy atom. The lowest BCUT2D eigenvalue weighted by Crippen LogP contribution is -2.72. The normalized spacial score (nSPS) is 48.4. The van der Waals surface area contributed by atoms with Gasteiger partial charge in [-0.15, -0.1) is 0 Å². The molecule has 0 radical (unpaired) electrons. The van der Waals surface area contributed by atoms with E-state index >= 15 is 0 Å². The summed E-state index contributed by atoms with van der Waals surface area (Å²) in [5.74, 6) is -4.56. The van der Waals surface area contributed by atoms with E-state index < -0.39 is 223 Å². The molecule has 4 aliphatic heterocycles. The largest absolute Gasteiger partial charge is 0.479 e. The van der Waals surface area contributed by atoms with Crippen LogP contribution in [-0.2, 0) is 71.3 Å². The Morgan fingerprint density at radius 2 is 1.16 bits per heavy atom. The Kier molecular flexibility index (Phi) is 21.3. The van der Waals surface area contributed by atoms with Gasteiger partial charge in [0.15, 0.2) is 43.5 Å². The first-order valence-electron chi connectivity index (χ1n) is 32.3. The zero-order valence-corrected chi connectivity index (χ0v) is 54.8. The van der Waals surface area contributed by atoms with Gasteiger partial charge in [0.1, 0.15) is 73.8 Å². The molecule has 522 valence electrons. The molecular formula is C65H100O27. The molecule has 8 fully saturated rings. The molecule has 0 aromatic carbocycles. The summed E-state index contributed by atoms with van der Waals surface area (Å²) < 4.78 is 67.2. The van der Waals surface area contributed by atoms with Crippen LogP contribution >= 0.6 is 0 Å². The first-order chi connectivity index (χ1) is 42.9. The number of carbonyl (C=O) groups excluding carboxylic acids is 3. The van der Waals surface area contributed by atoms with Gasteiger partial charge in [0.2, 0.25) is 0 Å². The van der Waals surface area contributed by atoms with Crippen molar-refractivity contribution in [3.63, 3.8) is 0 Å². The second-order valence-electron chi connectivity index (χ2n) is 29.4. The number of fused-ring (bicyclic) bond motifs is 7. The Hall–Kier alpha value is -3.66. The quantitative estimate of drug-likeness (QED) is 0.0314. The molecule has 0 aromatic heterocycles. The van der Waals surface area contributed by atoms with Gasteiger partial charge in [-0.3, -0.25) is 4.79 Å². The number of hydrogen-bond acceptors (Lipinski definition) is 26. The second kappa shape index (κ2) is 27.0. The number of aliphatic hydroxyl groups excluding tert-OH is 11. The lowest BCUT2D eigenvalue weighted by atomic mass is 9.33. The molecule has 27 heteroatoms. The van der Waals surface area contributed by atoms with Gasteiger partial charge in [-0.2, -0.15) is 0 Å². The minimum atomic E-state index is -2.13. The highest BCUT2D eigenvalue weighted by atomic mass is 16.8. The topological polar surface area (TPSA) is 413 Å². The average Bonchev–Trinajstić information content (AvgIpc) is 0.719. The fraction of sp³-hybridized carbons (Fsp3) is 0.846. The van der Waals surface area contributed by atoms with Crippen LogP contribution in [0.3, 0.4) is 0 Å². The van der Waals surface area contributed by atoms with Gasteiger partial charge >= 0.3 is 23.9 Å². The van der Waals surface area contributed by atoms with Gasteiger partial charge in [0.05, 0.1) is 49.1 Å². The first kappa shape index (κ1) is 72.6. The van der Waals surface area contributed by atoms with E-state index in [0.29, 0.717) is 32.1 Å². The number of carboxylic acids is 1. The fourth-order valence-electron chi connectivity index (χ4n) is 17.8. The molecule has 4 saturated heterocycles. The number of esters is 3. The van der Waals surface area contributed by atoms with Crippen molar-refractivity contribution in [2.75, 3.05) is 19.8 Å². The van der Waals surface area contributed by atoms with Crippen molar-refractivity contribution >= 4 is 23.9 Å². The summed E-state index contributed by atoms with van der Waals surface area (Å²) in [5, 5.41) is 135. The minimum Gasteiger partial charge on any atom is -0.479 e. The molecule has 9 rings (SSSR count). The van der Waals surface area contributed by atoms with Crippen LogP contribution in [0, 0.1) is 50.2 Å². The van der Waals surface area contributed by atoms with Crippen LogP contribution in [0.15, 0.2) is 34.9 Å². The summed E-state index contributed by atoms with van der Waals surface area (Å²) >= 11 is 0. The van der Waals surface area contributed by atoms with Crippen LogP contribution in [0.1, 0.15) is 135 Å². The molecule has 27 nitrogen and oxygen atoms in total. The lowest BCUT2D eigenvalue weighted by Gasteiger charge is -2.72. The van der Waals surface area contributed by atoms with Gasteiger partial charge in [-0.05, 0) is 124 Å². The number of aliphatic carboxylic acids is 1. The molecule has 92 heavy (non-hydrogen) atoms. The third kappa shape index (κ3) is 12.3.